The van der Waals surface area contributed by atoms with Gasteiger partial charge in [0.1, 0.15) is 0 Å². The van der Waals surface area contributed by atoms with Gasteiger partial charge in [0, 0.05) is 19.6 Å². The molecule has 1 aliphatic rings. The molecule has 0 radical (unpaired) electrons. The molecule has 1 heterocycles. The van der Waals surface area contributed by atoms with Gasteiger partial charge in [-0.05, 0) is 34.2 Å². The van der Waals surface area contributed by atoms with Crippen LogP contribution >= 0.6 is 0 Å². The zero-order valence-electron chi connectivity index (χ0n) is 13.3. The van der Waals surface area contributed by atoms with Gasteiger partial charge in [-0.1, -0.05) is 78.9 Å². The Kier molecular flexibility index (Phi) is 3.95. The summed E-state index contributed by atoms with van der Waals surface area (Å²) in [6, 6.07) is 28.4. The SMILES string of the molecule is c1ccc(CCN2Cc3ccccc3-c3ccccc3C2)cc1. The molecule has 3 aromatic rings. The Balaban J connectivity index is 1.62. The van der Waals surface area contributed by atoms with Crippen LogP contribution in [0.4, 0.5) is 0 Å². The minimum absolute atomic E-state index is 1.03. The van der Waals surface area contributed by atoms with E-state index >= 15 is 0 Å². The molecule has 0 saturated heterocycles. The fourth-order valence-electron chi connectivity index (χ4n) is 3.47. The second kappa shape index (κ2) is 6.39. The highest BCUT2D eigenvalue weighted by Gasteiger charge is 2.18. The third-order valence-corrected chi connectivity index (χ3v) is 4.67. The molecule has 0 aliphatic carbocycles. The Morgan fingerprint density at radius 1 is 0.609 bits per heavy atom. The Labute approximate surface area is 138 Å². The Hall–Kier alpha value is -2.38. The summed E-state index contributed by atoms with van der Waals surface area (Å²) in [4.78, 5) is 2.57. The molecule has 0 bridgehead atoms. The van der Waals surface area contributed by atoms with Crippen LogP contribution in [0.5, 0.6) is 0 Å². The maximum absolute atomic E-state index is 2.57. The van der Waals surface area contributed by atoms with Gasteiger partial charge in [0.05, 0.1) is 0 Å². The lowest BCUT2D eigenvalue weighted by molar-refractivity contribution is 0.263. The van der Waals surface area contributed by atoms with Crippen molar-refractivity contribution in [2.75, 3.05) is 6.54 Å². The maximum Gasteiger partial charge on any atom is 0.0243 e. The number of hydrogen-bond donors (Lipinski definition) is 0. The molecular formula is C22H21N. The monoisotopic (exact) mass is 299 g/mol. The molecule has 1 nitrogen and oxygen atoms in total. The highest BCUT2D eigenvalue weighted by Crippen LogP contribution is 2.32. The van der Waals surface area contributed by atoms with E-state index in [0.717, 1.165) is 26.1 Å². The van der Waals surface area contributed by atoms with Crippen molar-refractivity contribution < 1.29 is 0 Å². The van der Waals surface area contributed by atoms with Crippen molar-refractivity contribution in [1.82, 2.24) is 4.90 Å². The van der Waals surface area contributed by atoms with Crippen LogP contribution in [0.15, 0.2) is 78.9 Å². The Bertz CT molecular complexity index is 744. The third-order valence-electron chi connectivity index (χ3n) is 4.67. The molecule has 0 spiro atoms. The summed E-state index contributed by atoms with van der Waals surface area (Å²) in [6.45, 7) is 3.14. The Morgan fingerprint density at radius 3 is 1.74 bits per heavy atom. The van der Waals surface area contributed by atoms with Crippen molar-refractivity contribution in [3.8, 4) is 11.1 Å². The van der Waals surface area contributed by atoms with E-state index in [-0.39, 0.29) is 0 Å². The fraction of sp³-hybridized carbons (Fsp3) is 0.182. The van der Waals surface area contributed by atoms with Crippen molar-refractivity contribution in [2.45, 2.75) is 19.5 Å². The van der Waals surface area contributed by atoms with E-state index in [1.807, 2.05) is 0 Å². The van der Waals surface area contributed by atoms with Gasteiger partial charge in [-0.25, -0.2) is 0 Å². The van der Waals surface area contributed by atoms with Crippen molar-refractivity contribution in [2.24, 2.45) is 0 Å². The molecule has 114 valence electrons. The number of hydrogen-bond acceptors (Lipinski definition) is 1. The van der Waals surface area contributed by atoms with Crippen molar-refractivity contribution in [3.63, 3.8) is 0 Å². The first-order valence-electron chi connectivity index (χ1n) is 8.32. The second-order valence-corrected chi connectivity index (χ2v) is 6.26. The van der Waals surface area contributed by atoms with Crippen LogP contribution in [-0.4, -0.2) is 11.4 Å². The third kappa shape index (κ3) is 3.06. The average Bonchev–Trinajstić information content (AvgIpc) is 2.77. The van der Waals surface area contributed by atoms with Crippen LogP contribution in [0, 0.1) is 0 Å². The van der Waals surface area contributed by atoms with Gasteiger partial charge < -0.3 is 0 Å². The molecule has 3 aromatic carbocycles. The van der Waals surface area contributed by atoms with Crippen LogP contribution in [0.25, 0.3) is 11.1 Å². The molecule has 0 N–H and O–H groups in total. The number of fused-ring (bicyclic) bond motifs is 3. The maximum atomic E-state index is 2.57. The highest BCUT2D eigenvalue weighted by molar-refractivity contribution is 5.71. The average molecular weight is 299 g/mol. The zero-order chi connectivity index (χ0) is 15.5. The molecule has 0 fully saturated rings. The van der Waals surface area contributed by atoms with E-state index in [1.54, 1.807) is 0 Å². The molecule has 0 amide bonds. The predicted octanol–water partition coefficient (Wildman–Crippen LogP) is 4.91. The summed E-state index contributed by atoms with van der Waals surface area (Å²) in [6.07, 6.45) is 1.10. The molecule has 0 unspecified atom stereocenters. The summed E-state index contributed by atoms with van der Waals surface area (Å²) in [5.74, 6) is 0. The normalized spacial score (nSPS) is 13.9. The van der Waals surface area contributed by atoms with Crippen LogP contribution in [-0.2, 0) is 19.5 Å². The summed E-state index contributed by atoms with van der Waals surface area (Å²) >= 11 is 0. The first-order chi connectivity index (χ1) is 11.4. The van der Waals surface area contributed by atoms with E-state index in [1.165, 1.54) is 27.8 Å². The van der Waals surface area contributed by atoms with E-state index in [0.29, 0.717) is 0 Å². The van der Waals surface area contributed by atoms with Gasteiger partial charge in [0.25, 0.3) is 0 Å². The summed E-state index contributed by atoms with van der Waals surface area (Å²) < 4.78 is 0. The van der Waals surface area contributed by atoms with Crippen LogP contribution < -0.4 is 0 Å². The van der Waals surface area contributed by atoms with Crippen LogP contribution in [0.3, 0.4) is 0 Å². The predicted molar refractivity (Wildman–Crippen MR) is 96.1 cm³/mol. The minimum atomic E-state index is 1.03. The number of rotatable bonds is 3. The first-order valence-corrected chi connectivity index (χ1v) is 8.32. The molecule has 0 saturated carbocycles. The fourth-order valence-corrected chi connectivity index (χ4v) is 3.47. The molecule has 4 rings (SSSR count). The molecule has 23 heavy (non-hydrogen) atoms. The van der Waals surface area contributed by atoms with Crippen LogP contribution in [0.1, 0.15) is 16.7 Å². The van der Waals surface area contributed by atoms with E-state index in [9.17, 15) is 0 Å². The van der Waals surface area contributed by atoms with Gasteiger partial charge in [-0.2, -0.15) is 0 Å². The minimum Gasteiger partial charge on any atom is -0.294 e. The second-order valence-electron chi connectivity index (χ2n) is 6.26. The largest absolute Gasteiger partial charge is 0.294 e. The van der Waals surface area contributed by atoms with Crippen LogP contribution in [0.2, 0.25) is 0 Å². The van der Waals surface area contributed by atoms with Gasteiger partial charge >= 0.3 is 0 Å². The Morgan fingerprint density at radius 2 is 1.13 bits per heavy atom. The van der Waals surface area contributed by atoms with Gasteiger partial charge in [-0.3, -0.25) is 4.90 Å². The van der Waals surface area contributed by atoms with Gasteiger partial charge in [0.15, 0.2) is 0 Å². The van der Waals surface area contributed by atoms with Gasteiger partial charge in [-0.15, -0.1) is 0 Å². The lowest BCUT2D eigenvalue weighted by atomic mass is 9.97. The molecule has 1 heteroatoms. The van der Waals surface area contributed by atoms with Crippen molar-refractivity contribution in [3.05, 3.63) is 95.6 Å². The highest BCUT2D eigenvalue weighted by atomic mass is 15.1. The molecule has 0 atom stereocenters. The number of benzene rings is 3. The number of nitrogens with zero attached hydrogens (tertiary/aromatic N) is 1. The topological polar surface area (TPSA) is 3.24 Å². The quantitative estimate of drug-likeness (QED) is 0.664. The first kappa shape index (κ1) is 14.2. The van der Waals surface area contributed by atoms with Gasteiger partial charge in [0.2, 0.25) is 0 Å². The molecule has 1 aliphatic heterocycles. The van der Waals surface area contributed by atoms with E-state index in [2.05, 4.69) is 83.8 Å². The lowest BCUT2D eigenvalue weighted by Gasteiger charge is -2.21. The van der Waals surface area contributed by atoms with E-state index in [4.69, 9.17) is 0 Å². The van der Waals surface area contributed by atoms with Crippen molar-refractivity contribution >= 4 is 0 Å². The summed E-state index contributed by atoms with van der Waals surface area (Å²) in [7, 11) is 0. The van der Waals surface area contributed by atoms with E-state index < -0.39 is 0 Å². The summed E-state index contributed by atoms with van der Waals surface area (Å²) in [5, 5.41) is 0. The zero-order valence-corrected chi connectivity index (χ0v) is 13.3. The molecule has 0 aromatic heterocycles. The molecular weight excluding hydrogens is 278 g/mol. The van der Waals surface area contributed by atoms with Crippen molar-refractivity contribution in [1.29, 1.82) is 0 Å². The smallest absolute Gasteiger partial charge is 0.0243 e. The summed E-state index contributed by atoms with van der Waals surface area (Å²) in [5.41, 5.74) is 7.07. The lowest BCUT2D eigenvalue weighted by Crippen LogP contribution is -2.24. The standard InChI is InChI=1S/C22H21N/c1-2-8-18(9-3-1)14-15-23-16-19-10-4-6-12-21(19)22-13-7-5-11-20(22)17-23/h1-13H,14-17H2.